The number of methoxy groups -OCH3 is 2. The molecule has 21 heavy (non-hydrogen) atoms. The molecule has 6 heteroatoms. The van der Waals surface area contributed by atoms with Crippen molar-refractivity contribution in [3.8, 4) is 11.5 Å². The maximum absolute atomic E-state index is 14.2. The van der Waals surface area contributed by atoms with E-state index in [9.17, 15) is 9.18 Å². The van der Waals surface area contributed by atoms with Crippen molar-refractivity contribution in [2.24, 2.45) is 11.8 Å². The van der Waals surface area contributed by atoms with Crippen LogP contribution in [0.1, 0.15) is 10.4 Å². The van der Waals surface area contributed by atoms with E-state index < -0.39 is 5.82 Å². The molecule has 1 amide bonds. The number of amides is 1. The van der Waals surface area contributed by atoms with E-state index in [1.165, 1.54) is 26.4 Å². The summed E-state index contributed by atoms with van der Waals surface area (Å²) in [4.78, 5) is 14.3. The van der Waals surface area contributed by atoms with Gasteiger partial charge >= 0.3 is 0 Å². The topological polar surface area (TPSA) is 50.8 Å². The Bertz CT molecular complexity index is 552. The van der Waals surface area contributed by atoms with Gasteiger partial charge in [0.05, 0.1) is 19.8 Å². The highest BCUT2D eigenvalue weighted by atomic mass is 19.1. The van der Waals surface area contributed by atoms with E-state index in [4.69, 9.17) is 9.47 Å². The minimum atomic E-state index is -0.576. The van der Waals surface area contributed by atoms with Crippen molar-refractivity contribution in [1.29, 1.82) is 0 Å². The van der Waals surface area contributed by atoms with Crippen molar-refractivity contribution in [2.45, 2.75) is 0 Å². The van der Waals surface area contributed by atoms with Gasteiger partial charge in [0.15, 0.2) is 11.5 Å². The van der Waals surface area contributed by atoms with Gasteiger partial charge in [-0.3, -0.25) is 4.79 Å². The molecule has 0 radical (unpaired) electrons. The highest BCUT2D eigenvalue weighted by Gasteiger charge is 2.38. The Morgan fingerprint density at radius 2 is 1.76 bits per heavy atom. The fourth-order valence-corrected chi connectivity index (χ4v) is 3.21. The summed E-state index contributed by atoms with van der Waals surface area (Å²) < 4.78 is 24.3. The lowest BCUT2D eigenvalue weighted by Crippen LogP contribution is -2.32. The summed E-state index contributed by atoms with van der Waals surface area (Å²) in [6, 6.07) is 2.62. The van der Waals surface area contributed by atoms with Crippen molar-refractivity contribution in [1.82, 2.24) is 10.2 Å². The SMILES string of the molecule is COc1cc(F)c(C(=O)N2C[C@H]3CNC[C@H]3C2)cc1OC. The Hall–Kier alpha value is -1.82. The summed E-state index contributed by atoms with van der Waals surface area (Å²) in [6.45, 7) is 3.24. The molecule has 1 aromatic carbocycles. The number of halogens is 1. The number of likely N-dealkylation sites (tertiary alicyclic amines) is 1. The number of carbonyl (C=O) groups is 1. The van der Waals surface area contributed by atoms with Crippen LogP contribution in [0.2, 0.25) is 0 Å². The molecule has 2 aliphatic rings. The zero-order valence-corrected chi connectivity index (χ0v) is 12.2. The molecule has 0 spiro atoms. The molecule has 2 saturated heterocycles. The van der Waals surface area contributed by atoms with Gasteiger partial charge in [0, 0.05) is 32.2 Å². The van der Waals surface area contributed by atoms with Gasteiger partial charge in [-0.15, -0.1) is 0 Å². The minimum absolute atomic E-state index is 0.0422. The van der Waals surface area contributed by atoms with Crippen molar-refractivity contribution in [3.05, 3.63) is 23.5 Å². The predicted molar refractivity (Wildman–Crippen MR) is 75.3 cm³/mol. The highest BCUT2D eigenvalue weighted by Crippen LogP contribution is 2.32. The Morgan fingerprint density at radius 1 is 1.19 bits per heavy atom. The van der Waals surface area contributed by atoms with Crippen LogP contribution in [0.15, 0.2) is 12.1 Å². The quantitative estimate of drug-likeness (QED) is 0.908. The molecule has 114 valence electrons. The first-order valence-corrected chi connectivity index (χ1v) is 7.05. The van der Waals surface area contributed by atoms with E-state index >= 15 is 0 Å². The summed E-state index contributed by atoms with van der Waals surface area (Å²) in [5.74, 6) is 0.766. The van der Waals surface area contributed by atoms with Crippen LogP contribution in [-0.4, -0.2) is 51.2 Å². The number of ether oxygens (including phenoxy) is 2. The summed E-state index contributed by atoms with van der Waals surface area (Å²) in [5.41, 5.74) is 0.0422. The number of nitrogens with one attached hydrogen (secondary N) is 1. The van der Waals surface area contributed by atoms with Crippen molar-refractivity contribution < 1.29 is 18.7 Å². The number of benzene rings is 1. The fraction of sp³-hybridized carbons (Fsp3) is 0.533. The van der Waals surface area contributed by atoms with E-state index in [1.54, 1.807) is 4.90 Å². The Labute approximate surface area is 123 Å². The number of fused-ring (bicyclic) bond motifs is 1. The highest BCUT2D eigenvalue weighted by molar-refractivity contribution is 5.95. The summed E-state index contributed by atoms with van der Waals surface area (Å²) in [7, 11) is 2.91. The molecule has 0 aliphatic carbocycles. The van der Waals surface area contributed by atoms with Gasteiger partial charge in [0.2, 0.25) is 0 Å². The predicted octanol–water partition coefficient (Wildman–Crippen LogP) is 1.13. The number of hydrogen-bond donors (Lipinski definition) is 1. The lowest BCUT2D eigenvalue weighted by atomic mass is 10.0. The fourth-order valence-electron chi connectivity index (χ4n) is 3.21. The number of rotatable bonds is 3. The zero-order valence-electron chi connectivity index (χ0n) is 12.2. The second kappa shape index (κ2) is 5.52. The molecule has 0 aromatic heterocycles. The number of carbonyl (C=O) groups excluding carboxylic acids is 1. The van der Waals surface area contributed by atoms with Crippen LogP contribution >= 0.6 is 0 Å². The third-order valence-corrected chi connectivity index (χ3v) is 4.38. The molecular weight excluding hydrogens is 275 g/mol. The largest absolute Gasteiger partial charge is 0.493 e. The van der Waals surface area contributed by atoms with Gasteiger partial charge < -0.3 is 19.7 Å². The van der Waals surface area contributed by atoms with Crippen molar-refractivity contribution in [3.63, 3.8) is 0 Å². The third-order valence-electron chi connectivity index (χ3n) is 4.38. The standard InChI is InChI=1S/C15H19FN2O3/c1-20-13-3-11(12(16)4-14(13)21-2)15(19)18-7-9-5-17-6-10(9)8-18/h3-4,9-10,17H,5-8H2,1-2H3/t9-,10+. The van der Waals surface area contributed by atoms with Crippen molar-refractivity contribution in [2.75, 3.05) is 40.4 Å². The molecule has 1 N–H and O–H groups in total. The maximum Gasteiger partial charge on any atom is 0.256 e. The van der Waals surface area contributed by atoms with Crippen LogP contribution in [0.3, 0.4) is 0 Å². The van der Waals surface area contributed by atoms with Crippen LogP contribution in [0.25, 0.3) is 0 Å². The third kappa shape index (κ3) is 2.44. The average Bonchev–Trinajstić information content (AvgIpc) is 3.07. The lowest BCUT2D eigenvalue weighted by molar-refractivity contribution is 0.0776. The lowest BCUT2D eigenvalue weighted by Gasteiger charge is -2.19. The second-order valence-corrected chi connectivity index (χ2v) is 5.58. The van der Waals surface area contributed by atoms with Gasteiger partial charge in [0.25, 0.3) is 5.91 Å². The summed E-state index contributed by atoms with van der Waals surface area (Å²) in [5, 5.41) is 3.32. The molecule has 0 bridgehead atoms. The number of nitrogens with zero attached hydrogens (tertiary/aromatic N) is 1. The molecule has 0 saturated carbocycles. The zero-order chi connectivity index (χ0) is 15.0. The van der Waals surface area contributed by atoms with E-state index in [-0.39, 0.29) is 17.2 Å². The molecule has 2 atom stereocenters. The van der Waals surface area contributed by atoms with Gasteiger partial charge in [-0.25, -0.2) is 4.39 Å². The molecular formula is C15H19FN2O3. The minimum Gasteiger partial charge on any atom is -0.493 e. The van der Waals surface area contributed by atoms with Crippen LogP contribution in [0, 0.1) is 17.7 Å². The van der Waals surface area contributed by atoms with E-state index in [0.717, 1.165) is 13.1 Å². The Kier molecular flexibility index (Phi) is 3.71. The monoisotopic (exact) mass is 294 g/mol. The van der Waals surface area contributed by atoms with Gasteiger partial charge in [0.1, 0.15) is 5.82 Å². The van der Waals surface area contributed by atoms with Crippen molar-refractivity contribution >= 4 is 5.91 Å². The first-order valence-electron chi connectivity index (χ1n) is 7.05. The van der Waals surface area contributed by atoms with Crippen LogP contribution < -0.4 is 14.8 Å². The molecule has 2 heterocycles. The van der Waals surface area contributed by atoms with Crippen LogP contribution in [0.5, 0.6) is 11.5 Å². The molecule has 5 nitrogen and oxygen atoms in total. The van der Waals surface area contributed by atoms with Crippen LogP contribution in [0.4, 0.5) is 4.39 Å². The van der Waals surface area contributed by atoms with Crippen LogP contribution in [-0.2, 0) is 0 Å². The van der Waals surface area contributed by atoms with Gasteiger partial charge in [-0.05, 0) is 17.9 Å². The Morgan fingerprint density at radius 3 is 2.33 bits per heavy atom. The average molecular weight is 294 g/mol. The smallest absolute Gasteiger partial charge is 0.256 e. The summed E-state index contributed by atoms with van der Waals surface area (Å²) >= 11 is 0. The first kappa shape index (κ1) is 14.1. The van der Waals surface area contributed by atoms with Gasteiger partial charge in [-0.2, -0.15) is 0 Å². The molecule has 2 aliphatic heterocycles. The van der Waals surface area contributed by atoms with Gasteiger partial charge in [-0.1, -0.05) is 0 Å². The second-order valence-electron chi connectivity index (χ2n) is 5.58. The molecule has 2 fully saturated rings. The van der Waals surface area contributed by atoms with E-state index in [2.05, 4.69) is 5.32 Å². The molecule has 3 rings (SSSR count). The first-order chi connectivity index (χ1) is 10.1. The van der Waals surface area contributed by atoms with E-state index in [0.29, 0.717) is 30.7 Å². The number of hydrogen-bond acceptors (Lipinski definition) is 4. The Balaban J connectivity index is 1.84. The van der Waals surface area contributed by atoms with E-state index in [1.807, 2.05) is 0 Å². The molecule has 0 unspecified atom stereocenters. The molecule has 1 aromatic rings. The summed E-state index contributed by atoms with van der Waals surface area (Å²) in [6.07, 6.45) is 0. The maximum atomic E-state index is 14.2. The normalized spacial score (nSPS) is 24.0.